The summed E-state index contributed by atoms with van der Waals surface area (Å²) in [7, 11) is 0. The first kappa shape index (κ1) is 30.7. The number of hydrogen-bond acceptors (Lipinski definition) is 6. The number of nitro benzene ring substituents is 1. The Morgan fingerprint density at radius 1 is 0.837 bits per heavy atom. The number of anilines is 2. The average Bonchev–Trinajstić information content (AvgIpc) is 3.00. The third-order valence-electron chi connectivity index (χ3n) is 6.62. The van der Waals surface area contributed by atoms with E-state index >= 15 is 0 Å². The SMILES string of the molecule is Cc1cccc(NC(=O)C(C)Sc2ccc(NC(=O)/C(=C/c3ccccc3[N+](=O)[O-])NC(=O)c3ccccc3)cc2)c1C. The number of benzene rings is 4. The van der Waals surface area contributed by atoms with Gasteiger partial charge in [-0.2, -0.15) is 0 Å². The van der Waals surface area contributed by atoms with Gasteiger partial charge >= 0.3 is 0 Å². The maximum absolute atomic E-state index is 13.3. The zero-order chi connectivity index (χ0) is 30.9. The molecule has 0 spiro atoms. The molecule has 0 fully saturated rings. The average molecular weight is 595 g/mol. The Morgan fingerprint density at radius 2 is 1.51 bits per heavy atom. The molecule has 4 aromatic carbocycles. The molecule has 4 aromatic rings. The molecule has 3 amide bonds. The molecule has 1 atom stereocenters. The molecular weight excluding hydrogens is 564 g/mol. The fraction of sp³-hybridized carbons (Fsp3) is 0.121. The lowest BCUT2D eigenvalue weighted by Gasteiger charge is -2.15. The highest BCUT2D eigenvalue weighted by Crippen LogP contribution is 2.27. The smallest absolute Gasteiger partial charge is 0.276 e. The molecule has 0 aliphatic heterocycles. The lowest BCUT2D eigenvalue weighted by Crippen LogP contribution is -2.30. The van der Waals surface area contributed by atoms with Crippen molar-refractivity contribution in [3.8, 4) is 0 Å². The summed E-state index contributed by atoms with van der Waals surface area (Å²) >= 11 is 1.37. The van der Waals surface area contributed by atoms with Gasteiger partial charge in [0.05, 0.1) is 15.7 Å². The normalized spacial score (nSPS) is 11.7. The summed E-state index contributed by atoms with van der Waals surface area (Å²) < 4.78 is 0. The second kappa shape index (κ2) is 14.1. The minimum Gasteiger partial charge on any atom is -0.325 e. The predicted molar refractivity (Wildman–Crippen MR) is 170 cm³/mol. The number of amides is 3. The van der Waals surface area contributed by atoms with Crippen LogP contribution in [-0.4, -0.2) is 27.9 Å². The number of aryl methyl sites for hydroxylation is 1. The highest BCUT2D eigenvalue weighted by molar-refractivity contribution is 8.00. The predicted octanol–water partition coefficient (Wildman–Crippen LogP) is 6.74. The van der Waals surface area contributed by atoms with Crippen LogP contribution in [0.4, 0.5) is 17.1 Å². The molecule has 10 heteroatoms. The molecular formula is C33H30N4O5S. The Labute approximate surface area is 253 Å². The van der Waals surface area contributed by atoms with Gasteiger partial charge in [0.25, 0.3) is 17.5 Å². The lowest BCUT2D eigenvalue weighted by molar-refractivity contribution is -0.385. The van der Waals surface area contributed by atoms with Gasteiger partial charge in [0.15, 0.2) is 0 Å². The van der Waals surface area contributed by atoms with Crippen LogP contribution in [0.3, 0.4) is 0 Å². The third kappa shape index (κ3) is 8.17. The van der Waals surface area contributed by atoms with Gasteiger partial charge in [-0.1, -0.05) is 42.5 Å². The highest BCUT2D eigenvalue weighted by Gasteiger charge is 2.19. The Bertz CT molecular complexity index is 1690. The zero-order valence-corrected chi connectivity index (χ0v) is 24.6. The quantitative estimate of drug-likeness (QED) is 0.0807. The Balaban J connectivity index is 1.48. The molecule has 43 heavy (non-hydrogen) atoms. The van der Waals surface area contributed by atoms with Crippen molar-refractivity contribution in [3.05, 3.63) is 135 Å². The molecule has 9 nitrogen and oxygen atoms in total. The first-order chi connectivity index (χ1) is 20.6. The summed E-state index contributed by atoms with van der Waals surface area (Å²) in [4.78, 5) is 50.8. The summed E-state index contributed by atoms with van der Waals surface area (Å²) in [5.41, 5.74) is 3.42. The number of thioether (sulfide) groups is 1. The highest BCUT2D eigenvalue weighted by atomic mass is 32.2. The van der Waals surface area contributed by atoms with E-state index in [1.54, 1.807) is 60.7 Å². The van der Waals surface area contributed by atoms with Crippen LogP contribution >= 0.6 is 11.8 Å². The molecule has 0 saturated heterocycles. The minimum atomic E-state index is -0.663. The molecule has 0 aromatic heterocycles. The Hall–Kier alpha value is -5.22. The number of para-hydroxylation sites is 1. The first-order valence-corrected chi connectivity index (χ1v) is 14.3. The van der Waals surface area contributed by atoms with Crippen molar-refractivity contribution < 1.29 is 19.3 Å². The van der Waals surface area contributed by atoms with Crippen LogP contribution in [0.5, 0.6) is 0 Å². The number of nitro groups is 1. The van der Waals surface area contributed by atoms with Crippen molar-refractivity contribution in [2.24, 2.45) is 0 Å². The van der Waals surface area contributed by atoms with Crippen molar-refractivity contribution in [2.45, 2.75) is 30.9 Å². The molecule has 0 aliphatic rings. The van der Waals surface area contributed by atoms with Crippen LogP contribution in [0.1, 0.15) is 34.0 Å². The number of nitrogens with zero attached hydrogens (tertiary/aromatic N) is 1. The molecule has 0 aliphatic carbocycles. The number of carbonyl (C=O) groups is 3. The van der Waals surface area contributed by atoms with Crippen molar-refractivity contribution >= 4 is 52.6 Å². The van der Waals surface area contributed by atoms with Gasteiger partial charge in [0.1, 0.15) is 5.70 Å². The van der Waals surface area contributed by atoms with Crippen molar-refractivity contribution in [1.29, 1.82) is 0 Å². The van der Waals surface area contributed by atoms with E-state index in [-0.39, 0.29) is 28.1 Å². The first-order valence-electron chi connectivity index (χ1n) is 13.4. The summed E-state index contributed by atoms with van der Waals surface area (Å²) in [5, 5.41) is 19.5. The zero-order valence-electron chi connectivity index (χ0n) is 23.8. The standard InChI is InChI=1S/C33H30N4O5S/c1-21-10-9-14-28(22(21)2)35-31(38)23(3)43-27-18-16-26(17-19-27)34-33(40)29(36-32(39)24-11-5-4-6-12-24)20-25-13-7-8-15-30(25)37(41)42/h4-20,23H,1-3H3,(H,34,40)(H,35,38)(H,36,39)/b29-20-. The second-order valence-corrected chi connectivity index (χ2v) is 11.1. The van der Waals surface area contributed by atoms with E-state index < -0.39 is 16.7 Å². The molecule has 1 unspecified atom stereocenters. The van der Waals surface area contributed by atoms with E-state index in [1.807, 2.05) is 39.0 Å². The van der Waals surface area contributed by atoms with Crippen LogP contribution in [0.25, 0.3) is 6.08 Å². The molecule has 0 saturated carbocycles. The number of carbonyl (C=O) groups excluding carboxylic acids is 3. The van der Waals surface area contributed by atoms with Gasteiger partial charge in [-0.15, -0.1) is 11.8 Å². The van der Waals surface area contributed by atoms with Crippen LogP contribution in [0, 0.1) is 24.0 Å². The second-order valence-electron chi connectivity index (χ2n) is 9.67. The Morgan fingerprint density at radius 3 is 2.21 bits per heavy atom. The van der Waals surface area contributed by atoms with Gasteiger partial charge in [0, 0.05) is 27.9 Å². The largest absolute Gasteiger partial charge is 0.325 e. The molecule has 218 valence electrons. The monoisotopic (exact) mass is 594 g/mol. The van der Waals surface area contributed by atoms with Gasteiger partial charge in [-0.3, -0.25) is 24.5 Å². The minimum absolute atomic E-state index is 0.130. The number of hydrogen-bond donors (Lipinski definition) is 3. The van der Waals surface area contributed by atoms with Crippen LogP contribution in [0.15, 0.2) is 108 Å². The van der Waals surface area contributed by atoms with E-state index in [1.165, 1.54) is 36.0 Å². The molecule has 0 heterocycles. The van der Waals surface area contributed by atoms with E-state index in [0.29, 0.717) is 11.3 Å². The third-order valence-corrected chi connectivity index (χ3v) is 7.73. The molecule has 4 rings (SSSR count). The molecule has 3 N–H and O–H groups in total. The summed E-state index contributed by atoms with van der Waals surface area (Å²) in [6.45, 7) is 5.77. The van der Waals surface area contributed by atoms with Crippen LogP contribution in [-0.2, 0) is 9.59 Å². The number of rotatable bonds is 10. The van der Waals surface area contributed by atoms with Gasteiger partial charge in [-0.25, -0.2) is 0 Å². The fourth-order valence-corrected chi connectivity index (χ4v) is 4.93. The van der Waals surface area contributed by atoms with Crippen LogP contribution < -0.4 is 16.0 Å². The Kier molecular flexibility index (Phi) is 10.1. The summed E-state index contributed by atoms with van der Waals surface area (Å²) in [6, 6.07) is 26.9. The van der Waals surface area contributed by atoms with E-state index in [2.05, 4.69) is 16.0 Å². The van der Waals surface area contributed by atoms with E-state index in [9.17, 15) is 24.5 Å². The van der Waals surface area contributed by atoms with E-state index in [4.69, 9.17) is 0 Å². The topological polar surface area (TPSA) is 130 Å². The molecule has 0 bridgehead atoms. The van der Waals surface area contributed by atoms with Crippen molar-refractivity contribution in [1.82, 2.24) is 5.32 Å². The summed E-state index contributed by atoms with van der Waals surface area (Å²) in [6.07, 6.45) is 1.27. The van der Waals surface area contributed by atoms with Gasteiger partial charge in [-0.05, 0) is 86.5 Å². The van der Waals surface area contributed by atoms with Gasteiger partial charge < -0.3 is 16.0 Å². The van der Waals surface area contributed by atoms with Crippen molar-refractivity contribution in [2.75, 3.05) is 10.6 Å². The fourth-order valence-electron chi connectivity index (χ4n) is 4.07. The van der Waals surface area contributed by atoms with Crippen molar-refractivity contribution in [3.63, 3.8) is 0 Å². The maximum atomic E-state index is 13.3. The summed E-state index contributed by atoms with van der Waals surface area (Å²) in [5.74, 6) is -1.33. The van der Waals surface area contributed by atoms with Crippen LogP contribution in [0.2, 0.25) is 0 Å². The maximum Gasteiger partial charge on any atom is 0.276 e. The number of nitrogens with one attached hydrogen (secondary N) is 3. The lowest BCUT2D eigenvalue weighted by atomic mass is 10.1. The van der Waals surface area contributed by atoms with Gasteiger partial charge in [0.2, 0.25) is 5.91 Å². The van der Waals surface area contributed by atoms with E-state index in [0.717, 1.165) is 21.7 Å². The molecule has 0 radical (unpaired) electrons.